The van der Waals surface area contributed by atoms with E-state index in [9.17, 15) is 9.59 Å². The van der Waals surface area contributed by atoms with Crippen LogP contribution in [0.5, 0.6) is 0 Å². The molecule has 0 aromatic rings. The predicted molar refractivity (Wildman–Crippen MR) is 50.3 cm³/mol. The summed E-state index contributed by atoms with van der Waals surface area (Å²) in [5.41, 5.74) is -0.382. The Morgan fingerprint density at radius 1 is 1.31 bits per heavy atom. The Hall–Kier alpha value is -0.860. The van der Waals surface area contributed by atoms with E-state index < -0.39 is 0 Å². The quantitative estimate of drug-likeness (QED) is 0.631. The van der Waals surface area contributed by atoms with E-state index in [4.69, 9.17) is 0 Å². The van der Waals surface area contributed by atoms with Crippen molar-refractivity contribution in [2.24, 2.45) is 11.3 Å². The molecule has 0 spiro atoms. The second kappa shape index (κ2) is 4.40. The van der Waals surface area contributed by atoms with Crippen molar-refractivity contribution in [2.45, 2.75) is 34.1 Å². The number of esters is 1. The highest BCUT2D eigenvalue weighted by atomic mass is 16.5. The number of methoxy groups -OCH3 is 1. The first kappa shape index (κ1) is 12.1. The van der Waals surface area contributed by atoms with Gasteiger partial charge in [-0.05, 0) is 0 Å². The fourth-order valence-corrected chi connectivity index (χ4v) is 1.17. The minimum atomic E-state index is -0.382. The molecule has 0 aliphatic rings. The summed E-state index contributed by atoms with van der Waals surface area (Å²) >= 11 is 0. The molecule has 1 atom stereocenters. The molecule has 0 aliphatic carbocycles. The second-order valence-corrected chi connectivity index (χ2v) is 4.30. The third-order valence-corrected chi connectivity index (χ3v) is 1.89. The Kier molecular flexibility index (Phi) is 4.11. The van der Waals surface area contributed by atoms with Crippen molar-refractivity contribution in [3.63, 3.8) is 0 Å². The molecular weight excluding hydrogens is 168 g/mol. The van der Waals surface area contributed by atoms with Crippen LogP contribution in [0.3, 0.4) is 0 Å². The maximum Gasteiger partial charge on any atom is 0.306 e. The van der Waals surface area contributed by atoms with E-state index in [0.717, 1.165) is 0 Å². The lowest BCUT2D eigenvalue weighted by molar-refractivity contribution is -0.144. The maximum atomic E-state index is 11.6. The summed E-state index contributed by atoms with van der Waals surface area (Å²) in [7, 11) is 1.33. The van der Waals surface area contributed by atoms with Crippen LogP contribution in [-0.2, 0) is 14.3 Å². The number of rotatable bonds is 3. The second-order valence-electron chi connectivity index (χ2n) is 4.30. The summed E-state index contributed by atoms with van der Waals surface area (Å²) in [6, 6.07) is 0. The third-order valence-electron chi connectivity index (χ3n) is 1.89. The van der Waals surface area contributed by atoms with Crippen LogP contribution in [0.15, 0.2) is 0 Å². The zero-order chi connectivity index (χ0) is 10.6. The summed E-state index contributed by atoms with van der Waals surface area (Å²) in [4.78, 5) is 22.5. The Morgan fingerprint density at radius 2 is 1.77 bits per heavy atom. The van der Waals surface area contributed by atoms with Gasteiger partial charge in [-0.25, -0.2) is 0 Å². The standard InChI is InChI=1S/C10H18O3/c1-7(6-8(11)13-5)9(12)10(2,3)4/h7H,6H2,1-5H3/t7-/m0/s1. The fraction of sp³-hybridized carbons (Fsp3) is 0.800. The Balaban J connectivity index is 4.20. The number of hydrogen-bond acceptors (Lipinski definition) is 3. The molecule has 0 saturated heterocycles. The van der Waals surface area contributed by atoms with E-state index in [1.165, 1.54) is 7.11 Å². The lowest BCUT2D eigenvalue weighted by Gasteiger charge is -2.20. The average Bonchev–Trinajstić information content (AvgIpc) is 2.01. The van der Waals surface area contributed by atoms with Crippen LogP contribution < -0.4 is 0 Å². The third kappa shape index (κ3) is 4.06. The van der Waals surface area contributed by atoms with Gasteiger partial charge in [-0.3, -0.25) is 9.59 Å². The van der Waals surface area contributed by atoms with E-state index in [1.807, 2.05) is 20.8 Å². The van der Waals surface area contributed by atoms with Crippen LogP contribution in [0.4, 0.5) is 0 Å². The molecule has 13 heavy (non-hydrogen) atoms. The molecule has 0 heterocycles. The van der Waals surface area contributed by atoms with E-state index in [1.54, 1.807) is 6.92 Å². The number of Topliss-reactive ketones (excluding diaryl/α,β-unsaturated/α-hetero) is 1. The molecular formula is C10H18O3. The minimum absolute atomic E-state index is 0.0953. The molecule has 0 fully saturated rings. The zero-order valence-corrected chi connectivity index (χ0v) is 9.01. The predicted octanol–water partition coefficient (Wildman–Crippen LogP) is 1.80. The van der Waals surface area contributed by atoms with Crippen molar-refractivity contribution in [1.82, 2.24) is 0 Å². The SMILES string of the molecule is COC(=O)C[C@H](C)C(=O)C(C)(C)C. The number of ketones is 1. The van der Waals surface area contributed by atoms with Gasteiger partial charge in [0.05, 0.1) is 13.5 Å². The highest BCUT2D eigenvalue weighted by molar-refractivity contribution is 5.88. The van der Waals surface area contributed by atoms with Crippen molar-refractivity contribution in [3.05, 3.63) is 0 Å². The molecule has 0 saturated carbocycles. The Labute approximate surface area is 79.5 Å². The minimum Gasteiger partial charge on any atom is -0.469 e. The van der Waals surface area contributed by atoms with Gasteiger partial charge in [0.2, 0.25) is 0 Å². The van der Waals surface area contributed by atoms with Gasteiger partial charge < -0.3 is 4.74 Å². The van der Waals surface area contributed by atoms with Crippen LogP contribution >= 0.6 is 0 Å². The van der Waals surface area contributed by atoms with Crippen molar-refractivity contribution >= 4 is 11.8 Å². The normalized spacial score (nSPS) is 13.6. The Bertz CT molecular complexity index is 201. The van der Waals surface area contributed by atoms with Crippen LogP contribution in [0.2, 0.25) is 0 Å². The molecule has 3 heteroatoms. The van der Waals surface area contributed by atoms with Gasteiger partial charge in [-0.1, -0.05) is 27.7 Å². The summed E-state index contributed by atoms with van der Waals surface area (Å²) < 4.78 is 4.49. The van der Waals surface area contributed by atoms with Gasteiger partial charge >= 0.3 is 5.97 Å². The highest BCUT2D eigenvalue weighted by Gasteiger charge is 2.28. The molecule has 0 unspecified atom stereocenters. The molecule has 76 valence electrons. The zero-order valence-electron chi connectivity index (χ0n) is 9.01. The largest absolute Gasteiger partial charge is 0.469 e. The van der Waals surface area contributed by atoms with Crippen LogP contribution in [0.1, 0.15) is 34.1 Å². The van der Waals surface area contributed by atoms with Crippen molar-refractivity contribution in [3.8, 4) is 0 Å². The molecule has 0 aromatic carbocycles. The summed E-state index contributed by atoms with van der Waals surface area (Å²) in [5, 5.41) is 0. The number of carbonyl (C=O) groups excluding carboxylic acids is 2. The molecule has 0 rings (SSSR count). The summed E-state index contributed by atoms with van der Waals surface area (Å²) in [6.07, 6.45) is 0.173. The Morgan fingerprint density at radius 3 is 2.08 bits per heavy atom. The van der Waals surface area contributed by atoms with E-state index in [-0.39, 0.29) is 29.5 Å². The van der Waals surface area contributed by atoms with Gasteiger partial charge in [0.1, 0.15) is 5.78 Å². The van der Waals surface area contributed by atoms with E-state index in [2.05, 4.69) is 4.74 Å². The topological polar surface area (TPSA) is 43.4 Å². The lowest BCUT2D eigenvalue weighted by atomic mass is 9.82. The molecule has 0 N–H and O–H groups in total. The van der Waals surface area contributed by atoms with Crippen molar-refractivity contribution < 1.29 is 14.3 Å². The maximum absolute atomic E-state index is 11.6. The first-order chi connectivity index (χ1) is 5.79. The molecule has 0 amide bonds. The van der Waals surface area contributed by atoms with Gasteiger partial charge in [0.15, 0.2) is 0 Å². The number of hydrogen-bond donors (Lipinski definition) is 0. The fourth-order valence-electron chi connectivity index (χ4n) is 1.17. The molecule has 0 radical (unpaired) electrons. The van der Waals surface area contributed by atoms with Gasteiger partial charge in [-0.15, -0.1) is 0 Å². The van der Waals surface area contributed by atoms with Crippen LogP contribution in [-0.4, -0.2) is 18.9 Å². The molecule has 0 aromatic heterocycles. The number of ether oxygens (including phenoxy) is 1. The van der Waals surface area contributed by atoms with E-state index in [0.29, 0.717) is 0 Å². The first-order valence-corrected chi connectivity index (χ1v) is 4.40. The van der Waals surface area contributed by atoms with Gasteiger partial charge in [0.25, 0.3) is 0 Å². The summed E-state index contributed by atoms with van der Waals surface area (Å²) in [6.45, 7) is 7.31. The van der Waals surface area contributed by atoms with Crippen LogP contribution in [0.25, 0.3) is 0 Å². The van der Waals surface area contributed by atoms with E-state index >= 15 is 0 Å². The number of carbonyl (C=O) groups is 2. The smallest absolute Gasteiger partial charge is 0.306 e. The van der Waals surface area contributed by atoms with Crippen molar-refractivity contribution in [2.75, 3.05) is 7.11 Å². The first-order valence-electron chi connectivity index (χ1n) is 4.40. The van der Waals surface area contributed by atoms with Crippen LogP contribution in [0, 0.1) is 11.3 Å². The lowest BCUT2D eigenvalue weighted by Crippen LogP contribution is -2.28. The highest BCUT2D eigenvalue weighted by Crippen LogP contribution is 2.21. The van der Waals surface area contributed by atoms with Crippen molar-refractivity contribution in [1.29, 1.82) is 0 Å². The molecule has 0 bridgehead atoms. The van der Waals surface area contributed by atoms with Gasteiger partial charge in [0, 0.05) is 11.3 Å². The van der Waals surface area contributed by atoms with Gasteiger partial charge in [-0.2, -0.15) is 0 Å². The molecule has 3 nitrogen and oxygen atoms in total. The summed E-state index contributed by atoms with van der Waals surface area (Å²) in [5.74, 6) is -0.490. The average molecular weight is 186 g/mol. The molecule has 0 aliphatic heterocycles. The monoisotopic (exact) mass is 186 g/mol.